The zero-order chi connectivity index (χ0) is 19.4. The van der Waals surface area contributed by atoms with Crippen molar-refractivity contribution in [3.05, 3.63) is 46.8 Å². The highest BCUT2D eigenvalue weighted by Crippen LogP contribution is 2.29. The first-order valence-electron chi connectivity index (χ1n) is 10.1. The SMILES string of the molecule is O=S(=O)(c1cccs1)N1CCc2ccc(OCCCN3CCCCC3)cc2C1. The van der Waals surface area contributed by atoms with Crippen LogP contribution < -0.4 is 4.74 Å². The first-order chi connectivity index (χ1) is 13.6. The van der Waals surface area contributed by atoms with Crippen LogP contribution in [0.15, 0.2) is 39.9 Å². The summed E-state index contributed by atoms with van der Waals surface area (Å²) in [4.78, 5) is 2.52. The molecule has 28 heavy (non-hydrogen) atoms. The molecule has 152 valence electrons. The molecule has 1 saturated heterocycles. The molecule has 7 heteroatoms. The van der Waals surface area contributed by atoms with Gasteiger partial charge in [0.1, 0.15) is 9.96 Å². The molecule has 0 saturated carbocycles. The molecule has 4 rings (SSSR count). The smallest absolute Gasteiger partial charge is 0.252 e. The Balaban J connectivity index is 1.34. The predicted octanol–water partition coefficient (Wildman–Crippen LogP) is 3.75. The lowest BCUT2D eigenvalue weighted by Gasteiger charge is -2.28. The fraction of sp³-hybridized carbons (Fsp3) is 0.524. The Hall–Kier alpha value is -1.41. The second-order valence-electron chi connectivity index (χ2n) is 7.56. The molecule has 1 aromatic heterocycles. The molecule has 0 aliphatic carbocycles. The van der Waals surface area contributed by atoms with Crippen molar-refractivity contribution in [1.82, 2.24) is 9.21 Å². The van der Waals surface area contributed by atoms with Gasteiger partial charge in [-0.3, -0.25) is 0 Å². The number of rotatable bonds is 7. The Morgan fingerprint density at radius 3 is 2.68 bits per heavy atom. The summed E-state index contributed by atoms with van der Waals surface area (Å²) in [5, 5.41) is 1.81. The number of likely N-dealkylation sites (tertiary alicyclic amines) is 1. The van der Waals surface area contributed by atoms with Crippen LogP contribution in [-0.4, -0.2) is 50.4 Å². The number of benzene rings is 1. The third-order valence-electron chi connectivity index (χ3n) is 5.58. The van der Waals surface area contributed by atoms with Crippen molar-refractivity contribution in [1.29, 1.82) is 0 Å². The third-order valence-corrected chi connectivity index (χ3v) is 8.80. The molecule has 3 heterocycles. The minimum Gasteiger partial charge on any atom is -0.494 e. The normalized spacial score (nSPS) is 18.7. The van der Waals surface area contributed by atoms with Gasteiger partial charge >= 0.3 is 0 Å². The summed E-state index contributed by atoms with van der Waals surface area (Å²) < 4.78 is 33.6. The quantitative estimate of drug-likeness (QED) is 0.640. The van der Waals surface area contributed by atoms with Crippen molar-refractivity contribution in [2.24, 2.45) is 0 Å². The molecule has 0 amide bonds. The van der Waals surface area contributed by atoms with Gasteiger partial charge in [0.2, 0.25) is 0 Å². The maximum Gasteiger partial charge on any atom is 0.252 e. The summed E-state index contributed by atoms with van der Waals surface area (Å²) >= 11 is 1.27. The monoisotopic (exact) mass is 420 g/mol. The van der Waals surface area contributed by atoms with Gasteiger partial charge in [0.25, 0.3) is 10.0 Å². The summed E-state index contributed by atoms with van der Waals surface area (Å²) in [7, 11) is -3.40. The van der Waals surface area contributed by atoms with E-state index in [2.05, 4.69) is 11.0 Å². The second-order valence-corrected chi connectivity index (χ2v) is 10.7. The molecule has 0 radical (unpaired) electrons. The molecule has 0 N–H and O–H groups in total. The van der Waals surface area contributed by atoms with Gasteiger partial charge in [0.15, 0.2) is 0 Å². The van der Waals surface area contributed by atoms with Gasteiger partial charge in [-0.1, -0.05) is 18.6 Å². The Labute approximate surface area is 172 Å². The van der Waals surface area contributed by atoms with Crippen LogP contribution in [0.3, 0.4) is 0 Å². The molecule has 2 aromatic rings. The van der Waals surface area contributed by atoms with Crippen molar-refractivity contribution in [2.75, 3.05) is 32.8 Å². The number of hydrogen-bond acceptors (Lipinski definition) is 5. The Bertz CT molecular complexity index is 875. The van der Waals surface area contributed by atoms with E-state index in [-0.39, 0.29) is 0 Å². The molecule has 0 atom stereocenters. The average Bonchev–Trinajstić information content (AvgIpc) is 3.27. The molecule has 1 fully saturated rings. The first kappa shape index (κ1) is 19.9. The number of thiophene rings is 1. The van der Waals surface area contributed by atoms with Crippen LogP contribution in [-0.2, 0) is 23.0 Å². The van der Waals surface area contributed by atoms with E-state index in [1.165, 1.54) is 49.3 Å². The number of piperidine rings is 1. The van der Waals surface area contributed by atoms with E-state index in [0.29, 0.717) is 23.9 Å². The fourth-order valence-electron chi connectivity index (χ4n) is 4.00. The molecule has 2 aliphatic heterocycles. The zero-order valence-corrected chi connectivity index (χ0v) is 17.8. The van der Waals surface area contributed by atoms with Crippen LogP contribution >= 0.6 is 11.3 Å². The molecule has 2 aliphatic rings. The van der Waals surface area contributed by atoms with E-state index in [1.807, 2.05) is 12.1 Å². The third kappa shape index (κ3) is 4.59. The minimum atomic E-state index is -3.40. The largest absolute Gasteiger partial charge is 0.494 e. The molecular formula is C21H28N2O3S2. The Kier molecular flexibility index (Phi) is 6.35. The van der Waals surface area contributed by atoms with Gasteiger partial charge in [-0.15, -0.1) is 11.3 Å². The van der Waals surface area contributed by atoms with Gasteiger partial charge < -0.3 is 9.64 Å². The molecule has 0 bridgehead atoms. The number of hydrogen-bond donors (Lipinski definition) is 0. The number of ether oxygens (including phenoxy) is 1. The lowest BCUT2D eigenvalue weighted by atomic mass is 10.0. The van der Waals surface area contributed by atoms with Gasteiger partial charge in [-0.25, -0.2) is 8.42 Å². The lowest BCUT2D eigenvalue weighted by Crippen LogP contribution is -2.35. The summed E-state index contributed by atoms with van der Waals surface area (Å²) in [6.45, 7) is 5.18. The van der Waals surface area contributed by atoms with Gasteiger partial charge in [-0.2, -0.15) is 4.31 Å². The summed E-state index contributed by atoms with van der Waals surface area (Å²) in [5.41, 5.74) is 2.28. The van der Waals surface area contributed by atoms with Crippen LogP contribution in [0.4, 0.5) is 0 Å². The van der Waals surface area contributed by atoms with Crippen LogP contribution in [0.25, 0.3) is 0 Å². The van der Waals surface area contributed by atoms with Crippen molar-refractivity contribution >= 4 is 21.4 Å². The summed E-state index contributed by atoms with van der Waals surface area (Å²) in [5.74, 6) is 0.841. The molecule has 0 spiro atoms. The van der Waals surface area contributed by atoms with E-state index < -0.39 is 10.0 Å². The average molecular weight is 421 g/mol. The molecule has 0 unspecified atom stereocenters. The van der Waals surface area contributed by atoms with E-state index >= 15 is 0 Å². The van der Waals surface area contributed by atoms with Crippen LogP contribution in [0.5, 0.6) is 5.75 Å². The maximum absolute atomic E-state index is 12.8. The Morgan fingerprint density at radius 1 is 1.04 bits per heavy atom. The minimum absolute atomic E-state index is 0.417. The van der Waals surface area contributed by atoms with E-state index in [0.717, 1.165) is 30.7 Å². The highest BCUT2D eigenvalue weighted by Gasteiger charge is 2.29. The highest BCUT2D eigenvalue weighted by molar-refractivity contribution is 7.91. The van der Waals surface area contributed by atoms with Crippen molar-refractivity contribution < 1.29 is 13.2 Å². The maximum atomic E-state index is 12.8. The van der Waals surface area contributed by atoms with Gasteiger partial charge in [0.05, 0.1) is 6.61 Å². The van der Waals surface area contributed by atoms with E-state index in [4.69, 9.17) is 4.74 Å². The zero-order valence-electron chi connectivity index (χ0n) is 16.2. The topological polar surface area (TPSA) is 49.9 Å². The van der Waals surface area contributed by atoms with E-state index in [1.54, 1.807) is 21.8 Å². The fourth-order valence-corrected chi connectivity index (χ4v) is 6.56. The standard InChI is InChI=1S/C21H28N2O3S2/c24-28(25,21-6-4-15-27-21)23-13-9-18-7-8-20(16-19(18)17-23)26-14-5-12-22-10-2-1-3-11-22/h4,6-8,15-16H,1-3,5,9-14,17H2. The van der Waals surface area contributed by atoms with Crippen LogP contribution in [0, 0.1) is 0 Å². The Morgan fingerprint density at radius 2 is 1.89 bits per heavy atom. The highest BCUT2D eigenvalue weighted by atomic mass is 32.2. The van der Waals surface area contributed by atoms with Gasteiger partial charge in [-0.05, 0) is 73.5 Å². The summed E-state index contributed by atoms with van der Waals surface area (Å²) in [6.07, 6.45) is 5.76. The molecule has 1 aromatic carbocycles. The van der Waals surface area contributed by atoms with E-state index in [9.17, 15) is 8.42 Å². The van der Waals surface area contributed by atoms with Crippen molar-refractivity contribution in [3.8, 4) is 5.75 Å². The van der Waals surface area contributed by atoms with Crippen molar-refractivity contribution in [2.45, 2.75) is 42.9 Å². The predicted molar refractivity (Wildman–Crippen MR) is 112 cm³/mol. The number of sulfonamides is 1. The van der Waals surface area contributed by atoms with Crippen molar-refractivity contribution in [3.63, 3.8) is 0 Å². The second kappa shape index (κ2) is 8.95. The lowest BCUT2D eigenvalue weighted by molar-refractivity contribution is 0.205. The first-order valence-corrected chi connectivity index (χ1v) is 12.5. The number of nitrogens with zero attached hydrogens (tertiary/aromatic N) is 2. The molecule has 5 nitrogen and oxygen atoms in total. The van der Waals surface area contributed by atoms with Crippen LogP contribution in [0.2, 0.25) is 0 Å². The van der Waals surface area contributed by atoms with Crippen LogP contribution in [0.1, 0.15) is 36.8 Å². The summed E-state index contributed by atoms with van der Waals surface area (Å²) in [6, 6.07) is 9.59. The number of fused-ring (bicyclic) bond motifs is 1. The van der Waals surface area contributed by atoms with Gasteiger partial charge in [0, 0.05) is 19.6 Å². The molecular weight excluding hydrogens is 392 g/mol.